The van der Waals surface area contributed by atoms with Gasteiger partial charge in [-0.05, 0) is 19.1 Å². The van der Waals surface area contributed by atoms with E-state index >= 15 is 0 Å². The van der Waals surface area contributed by atoms with Crippen LogP contribution in [0.4, 0.5) is 0 Å². The van der Waals surface area contributed by atoms with Crippen LogP contribution in [0.15, 0.2) is 0 Å². The summed E-state index contributed by atoms with van der Waals surface area (Å²) in [6, 6.07) is 0.804. The fraction of sp³-hybridized carbons (Fsp3) is 1.00. The smallest absolute Gasteiger partial charge is 0.0615 e. The molecule has 2 N–H and O–H groups in total. The summed E-state index contributed by atoms with van der Waals surface area (Å²) >= 11 is 1.81. The fourth-order valence-corrected chi connectivity index (χ4v) is 2.06. The van der Waals surface area contributed by atoms with Crippen LogP contribution in [0.3, 0.4) is 0 Å². The van der Waals surface area contributed by atoms with Crippen molar-refractivity contribution in [2.24, 2.45) is 0 Å². The Bertz CT molecular complexity index is 119. The minimum atomic E-state index is 0.252. The first-order valence-electron chi connectivity index (χ1n) is 5.13. The molecular formula is C10H23NO2S. The highest BCUT2D eigenvalue weighted by molar-refractivity contribution is 7.98. The molecule has 0 rings (SSSR count). The molecule has 14 heavy (non-hydrogen) atoms. The molecule has 0 saturated carbocycles. The third-order valence-electron chi connectivity index (χ3n) is 2.18. The number of ether oxygens (including phenoxy) is 1. The molecule has 3 nitrogen and oxygen atoms in total. The molecule has 0 amide bonds. The standard InChI is InChI=1S/C10H23NO2S/c1-4-9(7-13-2)11-10(5-6-12)8-14-3/h9-12H,4-8H2,1-3H3. The van der Waals surface area contributed by atoms with E-state index in [1.165, 1.54) is 0 Å². The normalized spacial score (nSPS) is 15.4. The Kier molecular flexibility index (Phi) is 9.93. The van der Waals surface area contributed by atoms with E-state index in [0.717, 1.165) is 25.2 Å². The summed E-state index contributed by atoms with van der Waals surface area (Å²) in [7, 11) is 1.72. The third kappa shape index (κ3) is 6.65. The van der Waals surface area contributed by atoms with Crippen molar-refractivity contribution in [3.05, 3.63) is 0 Å². The lowest BCUT2D eigenvalue weighted by Crippen LogP contribution is -2.42. The molecule has 0 aliphatic carbocycles. The fourth-order valence-electron chi connectivity index (χ4n) is 1.39. The Morgan fingerprint density at radius 1 is 1.43 bits per heavy atom. The maximum Gasteiger partial charge on any atom is 0.0615 e. The van der Waals surface area contributed by atoms with E-state index in [9.17, 15) is 0 Å². The van der Waals surface area contributed by atoms with Crippen molar-refractivity contribution in [3.63, 3.8) is 0 Å². The van der Waals surface area contributed by atoms with Crippen LogP contribution in [0.5, 0.6) is 0 Å². The quantitative estimate of drug-likeness (QED) is 0.612. The first-order valence-corrected chi connectivity index (χ1v) is 6.52. The second-order valence-electron chi connectivity index (χ2n) is 3.39. The summed E-state index contributed by atoms with van der Waals surface area (Å²) in [5.74, 6) is 1.04. The molecule has 0 saturated heterocycles. The highest BCUT2D eigenvalue weighted by Gasteiger charge is 2.12. The first-order chi connectivity index (χ1) is 6.78. The van der Waals surface area contributed by atoms with Crippen LogP contribution in [0.25, 0.3) is 0 Å². The van der Waals surface area contributed by atoms with Crippen LogP contribution < -0.4 is 5.32 Å². The minimum absolute atomic E-state index is 0.252. The van der Waals surface area contributed by atoms with Gasteiger partial charge in [0.1, 0.15) is 0 Å². The number of aliphatic hydroxyl groups is 1. The maximum atomic E-state index is 8.90. The topological polar surface area (TPSA) is 41.5 Å². The molecule has 0 aromatic carbocycles. The molecule has 0 bridgehead atoms. The zero-order valence-corrected chi connectivity index (χ0v) is 10.3. The zero-order chi connectivity index (χ0) is 10.8. The molecule has 0 aromatic rings. The molecule has 86 valence electrons. The summed E-state index contributed by atoms with van der Waals surface area (Å²) in [6.07, 6.45) is 3.97. The Balaban J connectivity index is 3.83. The number of aliphatic hydroxyl groups excluding tert-OH is 1. The molecule has 2 atom stereocenters. The predicted molar refractivity (Wildman–Crippen MR) is 63.0 cm³/mol. The second-order valence-corrected chi connectivity index (χ2v) is 4.30. The van der Waals surface area contributed by atoms with Crippen molar-refractivity contribution in [1.82, 2.24) is 5.32 Å². The molecule has 0 heterocycles. The van der Waals surface area contributed by atoms with Crippen LogP contribution >= 0.6 is 11.8 Å². The van der Waals surface area contributed by atoms with Gasteiger partial charge < -0.3 is 15.2 Å². The number of hydrogen-bond acceptors (Lipinski definition) is 4. The average molecular weight is 221 g/mol. The van der Waals surface area contributed by atoms with Crippen molar-refractivity contribution in [3.8, 4) is 0 Å². The number of rotatable bonds is 9. The number of methoxy groups -OCH3 is 1. The number of thioether (sulfide) groups is 1. The molecule has 0 fully saturated rings. The second kappa shape index (κ2) is 9.77. The van der Waals surface area contributed by atoms with E-state index in [1.54, 1.807) is 18.9 Å². The van der Waals surface area contributed by atoms with Crippen molar-refractivity contribution < 1.29 is 9.84 Å². The van der Waals surface area contributed by atoms with Crippen LogP contribution in [0.1, 0.15) is 19.8 Å². The van der Waals surface area contributed by atoms with Crippen molar-refractivity contribution in [1.29, 1.82) is 0 Å². The molecule has 0 spiro atoms. The Morgan fingerprint density at radius 3 is 2.57 bits per heavy atom. The van der Waals surface area contributed by atoms with E-state index < -0.39 is 0 Å². The van der Waals surface area contributed by atoms with E-state index in [-0.39, 0.29) is 6.61 Å². The van der Waals surface area contributed by atoms with Gasteiger partial charge in [-0.1, -0.05) is 6.92 Å². The third-order valence-corrected chi connectivity index (χ3v) is 2.91. The van der Waals surface area contributed by atoms with Crippen LogP contribution in [0.2, 0.25) is 0 Å². The summed E-state index contributed by atoms with van der Waals surface area (Å²) in [5.41, 5.74) is 0. The highest BCUT2D eigenvalue weighted by Crippen LogP contribution is 2.04. The predicted octanol–water partition coefficient (Wildman–Crippen LogP) is 1.11. The maximum absolute atomic E-state index is 8.90. The monoisotopic (exact) mass is 221 g/mol. The lowest BCUT2D eigenvalue weighted by Gasteiger charge is -2.23. The molecule has 4 heteroatoms. The lowest BCUT2D eigenvalue weighted by molar-refractivity contribution is 0.156. The molecule has 0 radical (unpaired) electrons. The lowest BCUT2D eigenvalue weighted by atomic mass is 10.1. The van der Waals surface area contributed by atoms with Gasteiger partial charge in [0.15, 0.2) is 0 Å². The Labute approximate surface area is 91.6 Å². The van der Waals surface area contributed by atoms with Gasteiger partial charge in [0.2, 0.25) is 0 Å². The first kappa shape index (κ1) is 14.2. The van der Waals surface area contributed by atoms with Gasteiger partial charge in [-0.25, -0.2) is 0 Å². The number of nitrogens with one attached hydrogen (secondary N) is 1. The summed E-state index contributed by atoms with van der Waals surface area (Å²) in [6.45, 7) is 3.14. The molecule has 0 aliphatic heterocycles. The van der Waals surface area contributed by atoms with Crippen LogP contribution in [0, 0.1) is 0 Å². The average Bonchev–Trinajstić information content (AvgIpc) is 2.18. The summed E-state index contributed by atoms with van der Waals surface area (Å²) < 4.78 is 5.12. The zero-order valence-electron chi connectivity index (χ0n) is 9.45. The summed E-state index contributed by atoms with van der Waals surface area (Å²) in [4.78, 5) is 0. The molecule has 0 aliphatic rings. The van der Waals surface area contributed by atoms with Gasteiger partial charge in [-0.15, -0.1) is 0 Å². The van der Waals surface area contributed by atoms with Crippen molar-refractivity contribution >= 4 is 11.8 Å². The van der Waals surface area contributed by atoms with E-state index in [1.807, 2.05) is 0 Å². The Morgan fingerprint density at radius 2 is 2.14 bits per heavy atom. The van der Waals surface area contributed by atoms with Gasteiger partial charge in [0.25, 0.3) is 0 Å². The van der Waals surface area contributed by atoms with Gasteiger partial charge in [0.05, 0.1) is 6.61 Å². The minimum Gasteiger partial charge on any atom is -0.396 e. The largest absolute Gasteiger partial charge is 0.396 e. The summed E-state index contributed by atoms with van der Waals surface area (Å²) in [5, 5.41) is 12.4. The molecule has 0 aromatic heterocycles. The van der Waals surface area contributed by atoms with Gasteiger partial charge >= 0.3 is 0 Å². The van der Waals surface area contributed by atoms with Gasteiger partial charge in [-0.3, -0.25) is 0 Å². The van der Waals surface area contributed by atoms with Crippen LogP contribution in [-0.4, -0.2) is 49.5 Å². The van der Waals surface area contributed by atoms with E-state index in [4.69, 9.17) is 9.84 Å². The molecule has 2 unspecified atom stereocenters. The Hall–Kier alpha value is 0.230. The van der Waals surface area contributed by atoms with Crippen molar-refractivity contribution in [2.45, 2.75) is 31.8 Å². The SMILES string of the molecule is CCC(COC)NC(CCO)CSC. The highest BCUT2D eigenvalue weighted by atomic mass is 32.2. The van der Waals surface area contributed by atoms with Crippen molar-refractivity contribution in [2.75, 3.05) is 32.3 Å². The molecular weight excluding hydrogens is 198 g/mol. The van der Waals surface area contributed by atoms with E-state index in [2.05, 4.69) is 18.5 Å². The number of hydrogen-bond donors (Lipinski definition) is 2. The van der Waals surface area contributed by atoms with Gasteiger partial charge in [0, 0.05) is 31.6 Å². The van der Waals surface area contributed by atoms with Gasteiger partial charge in [-0.2, -0.15) is 11.8 Å². The van der Waals surface area contributed by atoms with Crippen LogP contribution in [-0.2, 0) is 4.74 Å². The van der Waals surface area contributed by atoms with E-state index in [0.29, 0.717) is 12.1 Å².